The molecule has 1 heterocycles. The van der Waals surface area contributed by atoms with Gasteiger partial charge in [-0.2, -0.15) is 0 Å². The molecule has 2 aromatic rings. The third kappa shape index (κ3) is 2.92. The van der Waals surface area contributed by atoms with Crippen LogP contribution in [0.3, 0.4) is 0 Å². The summed E-state index contributed by atoms with van der Waals surface area (Å²) in [4.78, 5) is 0. The highest BCUT2D eigenvalue weighted by atomic mass is 16.7. The maximum Gasteiger partial charge on any atom is 0.183 e. The van der Waals surface area contributed by atoms with Crippen molar-refractivity contribution < 1.29 is 9.47 Å². The Morgan fingerprint density at radius 2 is 1.30 bits per heavy atom. The number of aryl methyl sites for hydroxylation is 1. The van der Waals surface area contributed by atoms with Crippen molar-refractivity contribution >= 4 is 0 Å². The van der Waals surface area contributed by atoms with Crippen LogP contribution in [0.15, 0.2) is 48.5 Å². The lowest BCUT2D eigenvalue weighted by Crippen LogP contribution is -2.24. The lowest BCUT2D eigenvalue weighted by molar-refractivity contribution is -0.202. The first kappa shape index (κ1) is 13.3. The van der Waals surface area contributed by atoms with Crippen LogP contribution in [-0.2, 0) is 9.47 Å². The van der Waals surface area contributed by atoms with E-state index in [2.05, 4.69) is 62.4 Å². The van der Waals surface area contributed by atoms with E-state index < -0.39 is 0 Å². The van der Waals surface area contributed by atoms with Crippen molar-refractivity contribution in [3.63, 3.8) is 0 Å². The minimum atomic E-state index is -0.210. The van der Waals surface area contributed by atoms with E-state index in [1.165, 1.54) is 16.7 Å². The summed E-state index contributed by atoms with van der Waals surface area (Å²) in [5, 5.41) is 0. The van der Waals surface area contributed by atoms with E-state index in [1.807, 2.05) is 0 Å². The Bertz CT molecular complexity index is 549. The van der Waals surface area contributed by atoms with Gasteiger partial charge in [-0.25, -0.2) is 0 Å². The number of hydrogen-bond acceptors (Lipinski definition) is 2. The van der Waals surface area contributed by atoms with Crippen LogP contribution in [-0.4, -0.2) is 13.2 Å². The molecule has 0 atom stereocenters. The summed E-state index contributed by atoms with van der Waals surface area (Å²) in [6.45, 7) is 5.77. The van der Waals surface area contributed by atoms with E-state index in [0.717, 1.165) is 18.8 Å². The Morgan fingerprint density at radius 3 is 1.85 bits per heavy atom. The number of rotatable bonds is 2. The first-order valence-electron chi connectivity index (χ1n) is 7.12. The minimum Gasteiger partial charge on any atom is -0.348 e. The van der Waals surface area contributed by atoms with Crippen molar-refractivity contribution in [2.45, 2.75) is 20.1 Å². The van der Waals surface area contributed by atoms with Gasteiger partial charge in [0.15, 0.2) is 6.29 Å². The lowest BCUT2D eigenvalue weighted by atomic mass is 10.0. The van der Waals surface area contributed by atoms with Crippen LogP contribution in [0.25, 0.3) is 11.1 Å². The highest BCUT2D eigenvalue weighted by Gasteiger charge is 2.20. The third-order valence-corrected chi connectivity index (χ3v) is 3.63. The van der Waals surface area contributed by atoms with Gasteiger partial charge in [0.05, 0.1) is 13.2 Å². The van der Waals surface area contributed by atoms with Crippen LogP contribution in [0.2, 0.25) is 0 Å². The number of ether oxygens (including phenoxy) is 2. The van der Waals surface area contributed by atoms with E-state index in [1.54, 1.807) is 0 Å². The van der Waals surface area contributed by atoms with Crippen molar-refractivity contribution in [3.05, 3.63) is 59.7 Å². The summed E-state index contributed by atoms with van der Waals surface area (Å²) in [5.74, 6) is 0.484. The highest BCUT2D eigenvalue weighted by molar-refractivity contribution is 5.63. The Balaban J connectivity index is 1.76. The van der Waals surface area contributed by atoms with Crippen molar-refractivity contribution in [3.8, 4) is 11.1 Å². The molecule has 2 aromatic carbocycles. The van der Waals surface area contributed by atoms with Gasteiger partial charge < -0.3 is 9.47 Å². The molecule has 0 amide bonds. The van der Waals surface area contributed by atoms with Crippen LogP contribution in [0, 0.1) is 12.8 Å². The zero-order chi connectivity index (χ0) is 13.9. The highest BCUT2D eigenvalue weighted by Crippen LogP contribution is 2.27. The van der Waals surface area contributed by atoms with Crippen molar-refractivity contribution in [2.75, 3.05) is 13.2 Å². The van der Waals surface area contributed by atoms with E-state index in [9.17, 15) is 0 Å². The maximum atomic E-state index is 5.72. The van der Waals surface area contributed by atoms with Gasteiger partial charge in [-0.05, 0) is 18.1 Å². The fourth-order valence-electron chi connectivity index (χ4n) is 2.37. The summed E-state index contributed by atoms with van der Waals surface area (Å²) < 4.78 is 11.4. The summed E-state index contributed by atoms with van der Waals surface area (Å²) in [6, 6.07) is 17.0. The van der Waals surface area contributed by atoms with Gasteiger partial charge >= 0.3 is 0 Å². The first-order valence-corrected chi connectivity index (χ1v) is 7.12. The smallest absolute Gasteiger partial charge is 0.183 e. The van der Waals surface area contributed by atoms with Crippen LogP contribution < -0.4 is 0 Å². The summed E-state index contributed by atoms with van der Waals surface area (Å²) in [5.41, 5.74) is 4.83. The fourth-order valence-corrected chi connectivity index (χ4v) is 2.37. The normalized spacial score (nSPS) is 22.7. The molecule has 1 saturated heterocycles. The Hall–Kier alpha value is -1.64. The van der Waals surface area contributed by atoms with E-state index in [0.29, 0.717) is 5.92 Å². The molecule has 0 N–H and O–H groups in total. The quantitative estimate of drug-likeness (QED) is 0.806. The topological polar surface area (TPSA) is 18.5 Å². The molecule has 0 bridgehead atoms. The van der Waals surface area contributed by atoms with Crippen molar-refractivity contribution in [2.24, 2.45) is 5.92 Å². The molecular weight excluding hydrogens is 248 g/mol. The summed E-state index contributed by atoms with van der Waals surface area (Å²) in [7, 11) is 0. The average Bonchev–Trinajstić information content (AvgIpc) is 2.49. The van der Waals surface area contributed by atoms with Crippen molar-refractivity contribution in [1.82, 2.24) is 0 Å². The molecule has 0 unspecified atom stereocenters. The molecule has 3 rings (SSSR count). The minimum absolute atomic E-state index is 0.210. The molecule has 0 aliphatic carbocycles. The lowest BCUT2D eigenvalue weighted by Gasteiger charge is -2.27. The van der Waals surface area contributed by atoms with Crippen LogP contribution in [0.1, 0.15) is 24.3 Å². The first-order chi connectivity index (χ1) is 9.72. The second-order valence-electron chi connectivity index (χ2n) is 5.59. The molecule has 1 aliphatic rings. The Labute approximate surface area is 120 Å². The molecule has 2 nitrogen and oxygen atoms in total. The fraction of sp³-hybridized carbons (Fsp3) is 0.333. The maximum absolute atomic E-state index is 5.72. The van der Waals surface area contributed by atoms with Gasteiger partial charge in [0, 0.05) is 11.5 Å². The Kier molecular flexibility index (Phi) is 3.86. The van der Waals surface area contributed by atoms with E-state index >= 15 is 0 Å². The van der Waals surface area contributed by atoms with Crippen LogP contribution in [0.5, 0.6) is 0 Å². The van der Waals surface area contributed by atoms with Crippen LogP contribution in [0.4, 0.5) is 0 Å². The molecule has 0 aromatic heterocycles. The largest absolute Gasteiger partial charge is 0.348 e. The van der Waals surface area contributed by atoms with Gasteiger partial charge in [-0.15, -0.1) is 0 Å². The van der Waals surface area contributed by atoms with Gasteiger partial charge in [0.2, 0.25) is 0 Å². The van der Waals surface area contributed by atoms with Gasteiger partial charge in [-0.1, -0.05) is 61.0 Å². The molecule has 0 radical (unpaired) electrons. The summed E-state index contributed by atoms with van der Waals surface area (Å²) in [6.07, 6.45) is -0.210. The van der Waals surface area contributed by atoms with E-state index in [-0.39, 0.29) is 6.29 Å². The zero-order valence-corrected chi connectivity index (χ0v) is 12.0. The van der Waals surface area contributed by atoms with Crippen LogP contribution >= 0.6 is 0 Å². The third-order valence-electron chi connectivity index (χ3n) is 3.63. The number of hydrogen-bond donors (Lipinski definition) is 0. The monoisotopic (exact) mass is 268 g/mol. The predicted molar refractivity (Wildman–Crippen MR) is 80.4 cm³/mol. The SMILES string of the molecule is Cc1ccc(-c2ccc(C3OCC(C)CO3)cc2)cc1. The van der Waals surface area contributed by atoms with Crippen molar-refractivity contribution in [1.29, 1.82) is 0 Å². The molecule has 0 spiro atoms. The summed E-state index contributed by atoms with van der Waals surface area (Å²) >= 11 is 0. The second-order valence-corrected chi connectivity index (χ2v) is 5.59. The molecule has 1 aliphatic heterocycles. The average molecular weight is 268 g/mol. The second kappa shape index (κ2) is 5.78. The molecule has 104 valence electrons. The number of benzene rings is 2. The molecule has 0 saturated carbocycles. The molecule has 1 fully saturated rings. The van der Waals surface area contributed by atoms with Gasteiger partial charge in [-0.3, -0.25) is 0 Å². The molecular formula is C18H20O2. The van der Waals surface area contributed by atoms with E-state index in [4.69, 9.17) is 9.47 Å². The standard InChI is InChI=1S/C18H20O2/c1-13-3-5-15(6-4-13)16-7-9-17(10-8-16)18-19-11-14(2)12-20-18/h3-10,14,18H,11-12H2,1-2H3. The predicted octanol–water partition coefficient (Wildman–Crippen LogP) is 4.34. The van der Waals surface area contributed by atoms with Gasteiger partial charge in [0.25, 0.3) is 0 Å². The molecule has 20 heavy (non-hydrogen) atoms. The molecule has 2 heteroatoms. The Morgan fingerprint density at radius 1 is 0.800 bits per heavy atom. The van der Waals surface area contributed by atoms with Gasteiger partial charge in [0.1, 0.15) is 0 Å². The zero-order valence-electron chi connectivity index (χ0n) is 12.0.